The Morgan fingerprint density at radius 3 is 0.979 bits per heavy atom. The van der Waals surface area contributed by atoms with Gasteiger partial charge in [0, 0.05) is 33.3 Å². The van der Waals surface area contributed by atoms with Gasteiger partial charge in [0.2, 0.25) is 0 Å². The van der Waals surface area contributed by atoms with Crippen molar-refractivity contribution in [1.82, 2.24) is 0 Å². The smallest absolute Gasteiger partial charge is 0.314 e. The van der Waals surface area contributed by atoms with E-state index in [0.717, 1.165) is 0 Å². The molecule has 0 saturated carbocycles. The van der Waals surface area contributed by atoms with Gasteiger partial charge in [-0.1, -0.05) is 63.3 Å². The van der Waals surface area contributed by atoms with Gasteiger partial charge in [-0.15, -0.1) is 0 Å². The van der Waals surface area contributed by atoms with E-state index in [1.165, 1.54) is 0 Å². The van der Waals surface area contributed by atoms with Gasteiger partial charge in [0.25, 0.3) is 29.3 Å². The van der Waals surface area contributed by atoms with E-state index in [-0.39, 0.29) is 37.1 Å². The summed E-state index contributed by atoms with van der Waals surface area (Å²) < 4.78 is 56.4. The minimum Gasteiger partial charge on any atom is -0.424 e. The third-order valence-electron chi connectivity index (χ3n) is 4.39. The summed E-state index contributed by atoms with van der Waals surface area (Å²) in [5, 5.41) is 0. The van der Waals surface area contributed by atoms with Gasteiger partial charge in [0.1, 0.15) is 0 Å². The lowest BCUT2D eigenvalue weighted by atomic mass is 11.8. The van der Waals surface area contributed by atoms with Crippen LogP contribution < -0.4 is 0 Å². The van der Waals surface area contributed by atoms with Crippen LogP contribution >= 0.6 is 0 Å². The molecule has 0 aromatic rings. The molecule has 0 N–H and O–H groups in total. The van der Waals surface area contributed by atoms with E-state index >= 15 is 0 Å². The van der Waals surface area contributed by atoms with E-state index in [9.17, 15) is 0 Å². The largest absolute Gasteiger partial charge is 0.424 e. The van der Waals surface area contributed by atoms with Crippen LogP contribution in [0.3, 0.4) is 0 Å². The minimum absolute atomic E-state index is 0. The van der Waals surface area contributed by atoms with Gasteiger partial charge in [-0.25, -0.2) is 0 Å². The summed E-state index contributed by atoms with van der Waals surface area (Å²) in [5.74, 6) is 0. The highest BCUT2D eigenvalue weighted by Crippen LogP contribution is 2.24. The van der Waals surface area contributed by atoms with Crippen molar-refractivity contribution in [2.45, 2.75) is 162 Å². The molecule has 0 amide bonds. The lowest BCUT2D eigenvalue weighted by Gasteiger charge is -2.40. The Morgan fingerprint density at radius 1 is 0.500 bits per heavy atom. The lowest BCUT2D eigenvalue weighted by Crippen LogP contribution is -2.58. The average molecular weight is 904 g/mol. The zero-order valence-corrected chi connectivity index (χ0v) is 46.3. The van der Waals surface area contributed by atoms with Crippen molar-refractivity contribution >= 4 is 109 Å². The van der Waals surface area contributed by atoms with Gasteiger partial charge in [-0.3, -0.25) is 0 Å². The maximum atomic E-state index is 6.02. The summed E-state index contributed by atoms with van der Waals surface area (Å²) in [6.07, 6.45) is 0. The molecule has 10 nitrogen and oxygen atoms in total. The van der Waals surface area contributed by atoms with E-state index < -0.39 is 90.2 Å². The lowest BCUT2D eigenvalue weighted by molar-refractivity contribution is 0.261. The molecule has 1 atom stereocenters. The molecular formula is C26H94O10Si12. The zero-order valence-electron chi connectivity index (χ0n) is 32.1. The molecule has 2 fully saturated rings. The summed E-state index contributed by atoms with van der Waals surface area (Å²) in [6, 6.07) is 0. The van der Waals surface area contributed by atoms with Crippen LogP contribution in [0.5, 0.6) is 0 Å². The summed E-state index contributed by atoms with van der Waals surface area (Å²) in [7, 11) is -10.1. The van der Waals surface area contributed by atoms with Crippen molar-refractivity contribution in [3.8, 4) is 0 Å². The molecule has 0 aliphatic carbocycles. The zero-order chi connectivity index (χ0) is 35.1. The first-order valence-corrected chi connectivity index (χ1v) is 45.4. The molecule has 0 aromatic carbocycles. The van der Waals surface area contributed by atoms with Crippen molar-refractivity contribution in [2.75, 3.05) is 14.2 Å². The van der Waals surface area contributed by atoms with Crippen LogP contribution in [0.4, 0.5) is 0 Å². The van der Waals surface area contributed by atoms with Gasteiger partial charge in [0.15, 0.2) is 18.1 Å². The molecule has 2 aliphatic rings. The van der Waals surface area contributed by atoms with Crippen LogP contribution in [0, 0.1) is 0 Å². The standard InChI is InChI=1S/C6H20O4Si4.C5H18O4Si4.2C3H10OSi.2C2H8Si.5CH4/c1-12(2)7-11-8-13(3,4)10-14(5,6)9-12;1-11-6-10-7-12(2,3)9-13(4,5)8-11;2*1-4-5(2)3;2*1-3-2;;;;;/h11H2,1-6H3;11H,10H2,1-5H3;2*5H,1-3H3;2*3H2,1-2H3;5*1H4. The van der Waals surface area contributed by atoms with Gasteiger partial charge in [-0.2, -0.15) is 0 Å². The van der Waals surface area contributed by atoms with E-state index in [1.807, 2.05) is 6.55 Å². The Kier molecular flexibility index (Phi) is 56.0. The molecule has 2 aliphatic heterocycles. The van der Waals surface area contributed by atoms with E-state index in [2.05, 4.69) is 118 Å². The van der Waals surface area contributed by atoms with Gasteiger partial charge in [0.05, 0.1) is 0 Å². The van der Waals surface area contributed by atoms with Crippen molar-refractivity contribution < 1.29 is 41.8 Å². The third kappa shape index (κ3) is 55.0. The maximum Gasteiger partial charge on any atom is 0.314 e. The first-order valence-electron chi connectivity index (χ1n) is 15.7. The Balaban J connectivity index is -0.0000000590. The molecule has 2 heterocycles. The van der Waals surface area contributed by atoms with Crippen LogP contribution in [-0.4, -0.2) is 123 Å². The topological polar surface area (TPSA) is 92.3 Å². The Morgan fingerprint density at radius 2 is 0.729 bits per heavy atom. The van der Waals surface area contributed by atoms with E-state index in [4.69, 9.17) is 41.8 Å². The van der Waals surface area contributed by atoms with Crippen LogP contribution in [0.1, 0.15) is 37.1 Å². The number of hydrogen-bond acceptors (Lipinski definition) is 10. The summed E-state index contributed by atoms with van der Waals surface area (Å²) in [4.78, 5) is 0. The molecule has 0 aromatic heterocycles. The molecule has 2 saturated heterocycles. The van der Waals surface area contributed by atoms with Gasteiger partial charge >= 0.3 is 42.8 Å². The van der Waals surface area contributed by atoms with Crippen LogP contribution in [0.2, 0.25) is 124 Å². The highest BCUT2D eigenvalue weighted by molar-refractivity contribution is 6.88. The van der Waals surface area contributed by atoms with Gasteiger partial charge < -0.3 is 41.8 Å². The van der Waals surface area contributed by atoms with Crippen LogP contribution in [0.15, 0.2) is 0 Å². The summed E-state index contributed by atoms with van der Waals surface area (Å²) in [5.41, 5.74) is 0. The van der Waals surface area contributed by atoms with Crippen molar-refractivity contribution in [2.24, 2.45) is 0 Å². The van der Waals surface area contributed by atoms with Gasteiger partial charge in [-0.05, 0) is 98.2 Å². The fraction of sp³-hybridized carbons (Fsp3) is 1.00. The Labute approximate surface area is 324 Å². The van der Waals surface area contributed by atoms with E-state index in [0.29, 0.717) is 19.0 Å². The molecule has 0 spiro atoms. The quantitative estimate of drug-likeness (QED) is 0.290. The molecule has 306 valence electrons. The maximum absolute atomic E-state index is 6.02. The van der Waals surface area contributed by atoms with Crippen molar-refractivity contribution in [3.63, 3.8) is 0 Å². The number of rotatable bonds is 2. The Hall–Kier alpha value is 2.20. The summed E-state index contributed by atoms with van der Waals surface area (Å²) in [6.45, 7) is 40.2. The molecule has 48 heavy (non-hydrogen) atoms. The second kappa shape index (κ2) is 37.5. The number of hydrogen-bond donors (Lipinski definition) is 0. The monoisotopic (exact) mass is 902 g/mol. The first-order chi connectivity index (χ1) is 19.3. The summed E-state index contributed by atoms with van der Waals surface area (Å²) >= 11 is 0. The van der Waals surface area contributed by atoms with Crippen molar-refractivity contribution in [1.29, 1.82) is 0 Å². The fourth-order valence-electron chi connectivity index (χ4n) is 2.93. The average Bonchev–Trinajstić information content (AvgIpc) is 2.76. The molecular weight excluding hydrogens is 809 g/mol. The third-order valence-corrected chi connectivity index (χ3v) is 33.9. The highest BCUT2D eigenvalue weighted by atomic mass is 28.5. The first kappa shape index (κ1) is 71.6. The molecule has 1 unspecified atom stereocenters. The predicted molar refractivity (Wildman–Crippen MR) is 252 cm³/mol. The minimum atomic E-state index is -2.05. The molecule has 0 radical (unpaired) electrons. The van der Waals surface area contributed by atoms with Crippen LogP contribution in [0.25, 0.3) is 0 Å². The molecule has 0 bridgehead atoms. The molecule has 22 heteroatoms. The second-order valence-electron chi connectivity index (χ2n) is 12.8. The van der Waals surface area contributed by atoms with Crippen molar-refractivity contribution in [3.05, 3.63) is 0 Å². The second-order valence-corrected chi connectivity index (χ2v) is 44.6. The SMILES string of the molecule is C.C.C.C.C.CO[SiH](C)C.CO[SiH](C)C.C[SiH2]C.C[SiH2]C.C[SiH]1O[SiH2]O[Si](C)(C)O[Si](C)(C)O1.C[Si]1(C)O[SiH2]O[Si](C)(C)O[Si](C)(C)O1. The van der Waals surface area contributed by atoms with E-state index in [1.54, 1.807) is 14.2 Å². The fourth-order valence-corrected chi connectivity index (χ4v) is 30.5. The Bertz CT molecular complexity index is 623. The highest BCUT2D eigenvalue weighted by Gasteiger charge is 2.44. The normalized spacial score (nSPS) is 21.2. The molecule has 2 rings (SSSR count). The predicted octanol–water partition coefficient (Wildman–Crippen LogP) is 6.41. The van der Waals surface area contributed by atoms with Crippen LogP contribution in [-0.2, 0) is 41.8 Å².